The average Bonchev–Trinajstić information content (AvgIpc) is 3.06. The Balaban J connectivity index is 1.42. The summed E-state index contributed by atoms with van der Waals surface area (Å²) in [6, 6.07) is 8.42. The molecule has 4 nitrogen and oxygen atoms in total. The van der Waals surface area contributed by atoms with Gasteiger partial charge in [0.15, 0.2) is 0 Å². The van der Waals surface area contributed by atoms with Crippen LogP contribution < -0.4 is 0 Å². The van der Waals surface area contributed by atoms with E-state index in [0.29, 0.717) is 24.2 Å². The summed E-state index contributed by atoms with van der Waals surface area (Å²) in [5.41, 5.74) is 1.76. The van der Waals surface area contributed by atoms with Crippen molar-refractivity contribution < 1.29 is 9.18 Å². The molecule has 6 heteroatoms. The number of halogens is 1. The van der Waals surface area contributed by atoms with Crippen molar-refractivity contribution in [2.45, 2.75) is 13.5 Å². The first-order valence-electron chi connectivity index (χ1n) is 8.70. The summed E-state index contributed by atoms with van der Waals surface area (Å²) in [6.07, 6.45) is 1.57. The fraction of sp³-hybridized carbons (Fsp3) is 0.300. The van der Waals surface area contributed by atoms with E-state index in [1.807, 2.05) is 4.90 Å². The Bertz CT molecular complexity index is 947. The molecule has 4 rings (SSSR count). The van der Waals surface area contributed by atoms with Crippen molar-refractivity contribution in [2.24, 2.45) is 0 Å². The smallest absolute Gasteiger partial charge is 0.272 e. The molecule has 0 saturated carbocycles. The Hall–Kier alpha value is -2.31. The molecule has 0 unspecified atom stereocenters. The van der Waals surface area contributed by atoms with Crippen LogP contribution in [0, 0.1) is 12.7 Å². The highest BCUT2D eigenvalue weighted by Gasteiger charge is 2.23. The van der Waals surface area contributed by atoms with Crippen LogP contribution in [0.1, 0.15) is 20.9 Å². The zero-order chi connectivity index (χ0) is 18.1. The van der Waals surface area contributed by atoms with E-state index in [4.69, 9.17) is 0 Å². The molecule has 134 valence electrons. The fourth-order valence-corrected chi connectivity index (χ4v) is 4.22. The SMILES string of the molecule is Cc1ccsc1CN1CCN(C(=O)c2cc3ccc(F)cc3cn2)CC1. The number of carbonyl (C=O) groups excluding carboxylic acids is 1. The van der Waals surface area contributed by atoms with Crippen LogP contribution in [-0.2, 0) is 6.54 Å². The summed E-state index contributed by atoms with van der Waals surface area (Å²) in [6.45, 7) is 6.22. The third-order valence-corrected chi connectivity index (χ3v) is 5.91. The number of aryl methyl sites for hydroxylation is 1. The van der Waals surface area contributed by atoms with Crippen LogP contribution in [0.2, 0.25) is 0 Å². The fourth-order valence-electron chi connectivity index (χ4n) is 3.27. The van der Waals surface area contributed by atoms with E-state index in [1.54, 1.807) is 29.7 Å². The molecule has 26 heavy (non-hydrogen) atoms. The number of pyridine rings is 1. The number of benzene rings is 1. The third-order valence-electron chi connectivity index (χ3n) is 4.90. The summed E-state index contributed by atoms with van der Waals surface area (Å²) in [5.74, 6) is -0.348. The molecule has 3 aromatic rings. The van der Waals surface area contributed by atoms with Gasteiger partial charge >= 0.3 is 0 Å². The Morgan fingerprint density at radius 3 is 2.69 bits per heavy atom. The molecule has 1 aliphatic heterocycles. The molecule has 1 aliphatic rings. The largest absolute Gasteiger partial charge is 0.335 e. The summed E-state index contributed by atoms with van der Waals surface area (Å²) in [7, 11) is 0. The van der Waals surface area contributed by atoms with Gasteiger partial charge in [-0.05, 0) is 47.5 Å². The van der Waals surface area contributed by atoms with E-state index in [9.17, 15) is 9.18 Å². The van der Waals surface area contributed by atoms with Crippen LogP contribution >= 0.6 is 11.3 Å². The Labute approximate surface area is 155 Å². The van der Waals surface area contributed by atoms with Gasteiger partial charge in [0.05, 0.1) is 0 Å². The summed E-state index contributed by atoms with van der Waals surface area (Å²) >= 11 is 1.79. The first-order valence-corrected chi connectivity index (χ1v) is 9.58. The van der Waals surface area contributed by atoms with Gasteiger partial charge in [-0.2, -0.15) is 0 Å². The molecular formula is C20H20FN3OS. The molecular weight excluding hydrogens is 349 g/mol. The number of carbonyl (C=O) groups is 1. The van der Waals surface area contributed by atoms with Crippen molar-refractivity contribution in [2.75, 3.05) is 26.2 Å². The number of thiophene rings is 1. The van der Waals surface area contributed by atoms with Crippen LogP contribution in [0.25, 0.3) is 10.8 Å². The second-order valence-electron chi connectivity index (χ2n) is 6.66. The zero-order valence-electron chi connectivity index (χ0n) is 14.6. The van der Waals surface area contributed by atoms with Gasteiger partial charge in [-0.3, -0.25) is 14.7 Å². The van der Waals surface area contributed by atoms with Crippen LogP contribution in [0.5, 0.6) is 0 Å². The van der Waals surface area contributed by atoms with Crippen molar-refractivity contribution in [3.05, 3.63) is 63.9 Å². The second kappa shape index (κ2) is 7.13. The van der Waals surface area contributed by atoms with Crippen LogP contribution in [0.3, 0.4) is 0 Å². The molecule has 1 amide bonds. The Kier molecular flexibility index (Phi) is 4.70. The van der Waals surface area contributed by atoms with Gasteiger partial charge in [-0.15, -0.1) is 11.3 Å². The van der Waals surface area contributed by atoms with E-state index in [0.717, 1.165) is 25.0 Å². The Morgan fingerprint density at radius 2 is 1.96 bits per heavy atom. The lowest BCUT2D eigenvalue weighted by Gasteiger charge is -2.34. The summed E-state index contributed by atoms with van der Waals surface area (Å²) in [5, 5.41) is 3.66. The highest BCUT2D eigenvalue weighted by Crippen LogP contribution is 2.20. The van der Waals surface area contributed by atoms with Crippen molar-refractivity contribution in [3.8, 4) is 0 Å². The summed E-state index contributed by atoms with van der Waals surface area (Å²) in [4.78, 5) is 22.6. The van der Waals surface area contributed by atoms with Crippen LogP contribution in [-0.4, -0.2) is 46.9 Å². The van der Waals surface area contributed by atoms with Crippen molar-refractivity contribution in [3.63, 3.8) is 0 Å². The minimum atomic E-state index is -0.296. The van der Waals surface area contributed by atoms with Gasteiger partial charge in [0.1, 0.15) is 11.5 Å². The Morgan fingerprint density at radius 1 is 1.15 bits per heavy atom. The first kappa shape index (κ1) is 17.1. The maximum atomic E-state index is 13.3. The number of amides is 1. The molecule has 3 heterocycles. The lowest BCUT2D eigenvalue weighted by molar-refractivity contribution is 0.0624. The zero-order valence-corrected chi connectivity index (χ0v) is 15.4. The molecule has 2 aromatic heterocycles. The number of nitrogens with zero attached hydrogens (tertiary/aromatic N) is 3. The number of hydrogen-bond acceptors (Lipinski definition) is 4. The average molecular weight is 369 g/mol. The standard InChI is InChI=1S/C20H20FN3OS/c1-14-4-9-26-19(14)13-23-5-7-24(8-6-23)20(25)18-11-15-2-3-17(21)10-16(15)12-22-18/h2-4,9-12H,5-8,13H2,1H3. The van der Waals surface area contributed by atoms with Gasteiger partial charge in [-0.1, -0.05) is 6.07 Å². The highest BCUT2D eigenvalue weighted by molar-refractivity contribution is 7.10. The second-order valence-corrected chi connectivity index (χ2v) is 7.66. The molecule has 0 radical (unpaired) electrons. The molecule has 0 spiro atoms. The maximum Gasteiger partial charge on any atom is 0.272 e. The summed E-state index contributed by atoms with van der Waals surface area (Å²) < 4.78 is 13.3. The van der Waals surface area contributed by atoms with Crippen molar-refractivity contribution in [1.29, 1.82) is 0 Å². The van der Waals surface area contributed by atoms with Gasteiger partial charge in [0.25, 0.3) is 5.91 Å². The molecule has 0 bridgehead atoms. The monoisotopic (exact) mass is 369 g/mol. The minimum absolute atomic E-state index is 0.0526. The number of piperazine rings is 1. The topological polar surface area (TPSA) is 36.4 Å². The number of hydrogen-bond donors (Lipinski definition) is 0. The first-order chi connectivity index (χ1) is 12.6. The molecule has 0 N–H and O–H groups in total. The third kappa shape index (κ3) is 3.48. The molecule has 1 aromatic carbocycles. The number of aromatic nitrogens is 1. The van der Waals surface area contributed by atoms with Crippen molar-refractivity contribution in [1.82, 2.24) is 14.8 Å². The van der Waals surface area contributed by atoms with Crippen LogP contribution in [0.15, 0.2) is 41.9 Å². The predicted molar refractivity (Wildman–Crippen MR) is 102 cm³/mol. The van der Waals surface area contributed by atoms with E-state index in [2.05, 4.69) is 28.3 Å². The van der Waals surface area contributed by atoms with E-state index in [1.165, 1.54) is 22.6 Å². The van der Waals surface area contributed by atoms with E-state index < -0.39 is 0 Å². The maximum absolute atomic E-state index is 13.3. The van der Waals surface area contributed by atoms with E-state index >= 15 is 0 Å². The predicted octanol–water partition coefficient (Wildman–Crippen LogP) is 3.70. The van der Waals surface area contributed by atoms with Gasteiger partial charge in [0, 0.05) is 49.2 Å². The molecule has 1 saturated heterocycles. The molecule has 1 fully saturated rings. The lowest BCUT2D eigenvalue weighted by Crippen LogP contribution is -2.48. The molecule has 0 aliphatic carbocycles. The quantitative estimate of drug-likeness (QED) is 0.706. The van der Waals surface area contributed by atoms with Gasteiger partial charge in [0.2, 0.25) is 0 Å². The molecule has 0 atom stereocenters. The van der Waals surface area contributed by atoms with Crippen LogP contribution in [0.4, 0.5) is 4.39 Å². The lowest BCUT2D eigenvalue weighted by atomic mass is 10.1. The number of rotatable bonds is 3. The van der Waals surface area contributed by atoms with Gasteiger partial charge in [-0.25, -0.2) is 4.39 Å². The highest BCUT2D eigenvalue weighted by atomic mass is 32.1. The normalized spacial score (nSPS) is 15.5. The van der Waals surface area contributed by atoms with Gasteiger partial charge < -0.3 is 4.90 Å². The van der Waals surface area contributed by atoms with E-state index in [-0.39, 0.29) is 11.7 Å². The number of fused-ring (bicyclic) bond motifs is 1. The van der Waals surface area contributed by atoms with Crippen molar-refractivity contribution >= 4 is 28.0 Å². The minimum Gasteiger partial charge on any atom is -0.335 e.